The van der Waals surface area contributed by atoms with E-state index in [0.717, 1.165) is 0 Å². The Morgan fingerprint density at radius 3 is 1.85 bits per heavy atom. The van der Waals surface area contributed by atoms with Crippen molar-refractivity contribution in [3.8, 4) is 0 Å². The first-order valence-corrected chi connectivity index (χ1v) is 10.3. The van der Waals surface area contributed by atoms with Crippen LogP contribution in [0.3, 0.4) is 0 Å². The van der Waals surface area contributed by atoms with E-state index < -0.39 is 78.7 Å². The number of carbonyl (C=O) groups excluding carboxylic acids is 4. The summed E-state index contributed by atoms with van der Waals surface area (Å²) < 4.78 is 0. The quantitative estimate of drug-likeness (QED) is 0.112. The summed E-state index contributed by atoms with van der Waals surface area (Å²) in [4.78, 5) is 70.4. The molecule has 0 saturated heterocycles. The lowest BCUT2D eigenvalue weighted by atomic mass is 9.99. The van der Waals surface area contributed by atoms with Crippen molar-refractivity contribution >= 4 is 35.6 Å². The molecule has 0 aromatic carbocycles. The first-order chi connectivity index (χ1) is 15.3. The van der Waals surface area contributed by atoms with Crippen LogP contribution in [0, 0.1) is 5.92 Å². The van der Waals surface area contributed by atoms with Gasteiger partial charge in [-0.05, 0) is 18.8 Å². The van der Waals surface area contributed by atoms with Crippen molar-refractivity contribution in [2.24, 2.45) is 17.4 Å². The molecule has 0 fully saturated rings. The third-order valence-electron chi connectivity index (χ3n) is 4.91. The molecule has 0 aliphatic heterocycles. The number of carboxylic acids is 2. The Bertz CT molecular complexity index is 730. The predicted octanol–water partition coefficient (Wildman–Crippen LogP) is -2.98. The molecular formula is C19H33N5O9. The molecule has 14 nitrogen and oxygen atoms in total. The molecular weight excluding hydrogens is 442 g/mol. The number of primary amides is 1. The highest BCUT2D eigenvalue weighted by Gasteiger charge is 2.31. The van der Waals surface area contributed by atoms with Crippen LogP contribution in [-0.4, -0.2) is 81.7 Å². The number of nitrogens with one attached hydrogen (secondary N) is 3. The van der Waals surface area contributed by atoms with Crippen molar-refractivity contribution in [1.29, 1.82) is 0 Å². The van der Waals surface area contributed by atoms with Crippen LogP contribution in [0.4, 0.5) is 0 Å². The van der Waals surface area contributed by atoms with Gasteiger partial charge in [-0.15, -0.1) is 0 Å². The van der Waals surface area contributed by atoms with Gasteiger partial charge in [-0.25, -0.2) is 4.79 Å². The largest absolute Gasteiger partial charge is 0.481 e. The number of aliphatic hydroxyl groups excluding tert-OH is 1. The number of carboxylic acid groups (broad SMARTS) is 2. The van der Waals surface area contributed by atoms with E-state index in [1.54, 1.807) is 13.8 Å². The van der Waals surface area contributed by atoms with Crippen LogP contribution in [-0.2, 0) is 28.8 Å². The van der Waals surface area contributed by atoms with Crippen LogP contribution in [0.25, 0.3) is 0 Å². The van der Waals surface area contributed by atoms with Crippen molar-refractivity contribution < 1.29 is 44.1 Å². The third kappa shape index (κ3) is 11.2. The normalized spacial score (nSPS) is 15.3. The first kappa shape index (κ1) is 29.7. The minimum atomic E-state index is -1.56. The molecule has 188 valence electrons. The molecule has 0 aliphatic rings. The van der Waals surface area contributed by atoms with E-state index in [2.05, 4.69) is 16.0 Å². The average molecular weight is 475 g/mol. The number of carbonyl (C=O) groups is 6. The second-order valence-electron chi connectivity index (χ2n) is 7.56. The zero-order valence-corrected chi connectivity index (χ0v) is 18.6. The maximum Gasteiger partial charge on any atom is 0.326 e. The summed E-state index contributed by atoms with van der Waals surface area (Å²) in [5.74, 6) is -6.49. The minimum Gasteiger partial charge on any atom is -0.481 e. The van der Waals surface area contributed by atoms with E-state index in [9.17, 15) is 39.0 Å². The monoisotopic (exact) mass is 475 g/mol. The number of nitrogens with two attached hydrogens (primary N) is 2. The van der Waals surface area contributed by atoms with Gasteiger partial charge in [0.1, 0.15) is 18.1 Å². The Hall–Kier alpha value is -3.26. The summed E-state index contributed by atoms with van der Waals surface area (Å²) >= 11 is 0. The predicted molar refractivity (Wildman–Crippen MR) is 113 cm³/mol. The molecule has 14 heteroatoms. The number of aliphatic hydroxyl groups is 1. The summed E-state index contributed by atoms with van der Waals surface area (Å²) in [5.41, 5.74) is 10.6. The second kappa shape index (κ2) is 14.7. The lowest BCUT2D eigenvalue weighted by molar-refractivity contribution is -0.144. The van der Waals surface area contributed by atoms with E-state index in [1.165, 1.54) is 0 Å². The highest BCUT2D eigenvalue weighted by atomic mass is 16.4. The minimum absolute atomic E-state index is 0.109. The summed E-state index contributed by atoms with van der Waals surface area (Å²) in [6.45, 7) is 2.44. The Morgan fingerprint density at radius 2 is 1.39 bits per heavy atom. The Balaban J connectivity index is 5.33. The Kier molecular flexibility index (Phi) is 13.3. The second-order valence-corrected chi connectivity index (χ2v) is 7.56. The molecule has 0 aromatic heterocycles. The number of amides is 4. The number of hydrogen-bond acceptors (Lipinski definition) is 8. The molecule has 0 spiro atoms. The van der Waals surface area contributed by atoms with Crippen LogP contribution in [0.1, 0.15) is 46.0 Å². The number of hydrogen-bond donors (Lipinski definition) is 8. The molecule has 0 radical (unpaired) electrons. The van der Waals surface area contributed by atoms with Gasteiger partial charge < -0.3 is 42.7 Å². The number of aliphatic carboxylic acids is 2. The topological polar surface area (TPSA) is 251 Å². The lowest BCUT2D eigenvalue weighted by Gasteiger charge is -2.25. The van der Waals surface area contributed by atoms with Gasteiger partial charge in [-0.3, -0.25) is 24.0 Å². The Morgan fingerprint density at radius 1 is 0.848 bits per heavy atom. The molecule has 0 bridgehead atoms. The molecule has 33 heavy (non-hydrogen) atoms. The summed E-state index contributed by atoms with van der Waals surface area (Å²) in [6.07, 6.45) is -0.733. The van der Waals surface area contributed by atoms with Crippen molar-refractivity contribution in [3.05, 3.63) is 0 Å². The maximum atomic E-state index is 12.6. The third-order valence-corrected chi connectivity index (χ3v) is 4.91. The van der Waals surface area contributed by atoms with Crippen molar-refractivity contribution in [2.45, 2.75) is 70.1 Å². The summed E-state index contributed by atoms with van der Waals surface area (Å²) in [5, 5.41) is 34.4. The molecule has 0 aliphatic carbocycles. The van der Waals surface area contributed by atoms with Gasteiger partial charge >= 0.3 is 11.9 Å². The zero-order chi connectivity index (χ0) is 25.7. The van der Waals surface area contributed by atoms with E-state index in [1.807, 2.05) is 0 Å². The van der Waals surface area contributed by atoms with Gasteiger partial charge in [0.05, 0.1) is 12.6 Å². The molecule has 0 aromatic rings. The molecule has 5 atom stereocenters. The van der Waals surface area contributed by atoms with Crippen LogP contribution in [0.5, 0.6) is 0 Å². The highest BCUT2D eigenvalue weighted by molar-refractivity contribution is 5.94. The zero-order valence-electron chi connectivity index (χ0n) is 18.6. The fourth-order valence-corrected chi connectivity index (χ4v) is 2.65. The molecule has 0 heterocycles. The fourth-order valence-electron chi connectivity index (χ4n) is 2.65. The van der Waals surface area contributed by atoms with E-state index in [4.69, 9.17) is 16.6 Å². The molecule has 10 N–H and O–H groups in total. The smallest absolute Gasteiger partial charge is 0.326 e. The SMILES string of the molecule is CCC(C)C(NC(=O)C(CO)NC(=O)C(CCC(=O)O)NC(=O)C(N)CCC(N)=O)C(=O)O. The summed E-state index contributed by atoms with van der Waals surface area (Å²) in [7, 11) is 0. The maximum absolute atomic E-state index is 12.6. The lowest BCUT2D eigenvalue weighted by Crippen LogP contribution is -2.58. The molecule has 0 saturated carbocycles. The van der Waals surface area contributed by atoms with Gasteiger partial charge in [-0.1, -0.05) is 20.3 Å². The molecule has 4 amide bonds. The molecule has 0 rings (SSSR count). The fraction of sp³-hybridized carbons (Fsp3) is 0.684. The van der Waals surface area contributed by atoms with Crippen LogP contribution in [0.15, 0.2) is 0 Å². The average Bonchev–Trinajstić information content (AvgIpc) is 2.75. The van der Waals surface area contributed by atoms with Gasteiger partial charge in [0.25, 0.3) is 0 Å². The molecule has 5 unspecified atom stereocenters. The van der Waals surface area contributed by atoms with Crippen molar-refractivity contribution in [2.75, 3.05) is 6.61 Å². The van der Waals surface area contributed by atoms with Crippen LogP contribution >= 0.6 is 0 Å². The van der Waals surface area contributed by atoms with Gasteiger partial charge in [0, 0.05) is 12.8 Å². The van der Waals surface area contributed by atoms with Crippen molar-refractivity contribution in [1.82, 2.24) is 16.0 Å². The first-order valence-electron chi connectivity index (χ1n) is 10.3. The van der Waals surface area contributed by atoms with E-state index >= 15 is 0 Å². The number of rotatable bonds is 16. The Labute approximate surface area is 190 Å². The highest BCUT2D eigenvalue weighted by Crippen LogP contribution is 2.08. The van der Waals surface area contributed by atoms with Crippen LogP contribution in [0.2, 0.25) is 0 Å². The van der Waals surface area contributed by atoms with E-state index in [0.29, 0.717) is 6.42 Å². The van der Waals surface area contributed by atoms with Gasteiger partial charge in [0.15, 0.2) is 0 Å². The van der Waals surface area contributed by atoms with E-state index in [-0.39, 0.29) is 19.3 Å². The van der Waals surface area contributed by atoms with Crippen molar-refractivity contribution in [3.63, 3.8) is 0 Å². The standard InChI is InChI=1S/C19H33N5O9/c1-3-9(2)15(19(32)33)24-18(31)12(8-25)23-17(30)11(5-7-14(27)28)22-16(29)10(20)4-6-13(21)26/h9-12,15,25H,3-8,20H2,1-2H3,(H2,21,26)(H,22,29)(H,23,30)(H,24,31)(H,27,28)(H,32,33). The van der Waals surface area contributed by atoms with Gasteiger partial charge in [0.2, 0.25) is 23.6 Å². The summed E-state index contributed by atoms with van der Waals surface area (Å²) in [6, 6.07) is -5.46. The van der Waals surface area contributed by atoms with Crippen LogP contribution < -0.4 is 27.4 Å². The van der Waals surface area contributed by atoms with Gasteiger partial charge in [-0.2, -0.15) is 0 Å².